The summed E-state index contributed by atoms with van der Waals surface area (Å²) in [4.78, 5) is 29.8. The summed E-state index contributed by atoms with van der Waals surface area (Å²) in [6.45, 7) is 0.0273. The fraction of sp³-hybridized carbons (Fsp3) is 0.167. The Morgan fingerprint density at radius 1 is 1.19 bits per heavy atom. The van der Waals surface area contributed by atoms with E-state index in [0.29, 0.717) is 0 Å². The van der Waals surface area contributed by atoms with Crippen LogP contribution in [0.15, 0.2) is 36.4 Å². The maximum absolute atomic E-state index is 13.9. The number of rotatable bonds is 3. The van der Waals surface area contributed by atoms with Crippen LogP contribution in [0.3, 0.4) is 0 Å². The number of thiazole rings is 1. The van der Waals surface area contributed by atoms with Gasteiger partial charge in [0.05, 0.1) is 16.3 Å². The number of nitrogens with zero attached hydrogens (tertiary/aromatic N) is 2. The highest BCUT2D eigenvalue weighted by molar-refractivity contribution is 7.22. The number of fused-ring (bicyclic) bond motifs is 1. The minimum Gasteiger partial charge on any atom is -0.309 e. The molecule has 2 amide bonds. The zero-order valence-corrected chi connectivity index (χ0v) is 14.5. The molecule has 1 N–H and O–H groups in total. The van der Waals surface area contributed by atoms with Crippen LogP contribution < -0.4 is 10.2 Å². The molecule has 0 bridgehead atoms. The number of hydrogen-bond acceptors (Lipinski definition) is 4. The first kappa shape index (κ1) is 17.5. The second-order valence-corrected chi connectivity index (χ2v) is 7.13. The Labute approximate surface area is 155 Å². The second-order valence-electron chi connectivity index (χ2n) is 6.10. The number of benzene rings is 2. The smallest absolute Gasteiger partial charge is 0.231 e. The average molecular weight is 391 g/mol. The zero-order chi connectivity index (χ0) is 19.1. The van der Waals surface area contributed by atoms with Crippen molar-refractivity contribution in [1.29, 1.82) is 0 Å². The third-order valence-electron chi connectivity index (χ3n) is 4.28. The summed E-state index contributed by atoms with van der Waals surface area (Å²) in [5.41, 5.74) is 0.0857. The molecular formula is C18H12F3N3O2S. The van der Waals surface area contributed by atoms with Crippen LogP contribution in [0, 0.1) is 23.4 Å². The highest BCUT2D eigenvalue weighted by atomic mass is 32.1. The Morgan fingerprint density at radius 2 is 1.96 bits per heavy atom. The minimum atomic E-state index is -0.816. The van der Waals surface area contributed by atoms with E-state index in [0.717, 1.165) is 23.5 Å². The lowest BCUT2D eigenvalue weighted by Gasteiger charge is -2.17. The molecule has 138 valence electrons. The lowest BCUT2D eigenvalue weighted by atomic mass is 10.1. The third-order valence-corrected chi connectivity index (χ3v) is 5.20. The van der Waals surface area contributed by atoms with E-state index in [-0.39, 0.29) is 39.9 Å². The van der Waals surface area contributed by atoms with Crippen molar-refractivity contribution in [2.75, 3.05) is 16.8 Å². The number of anilines is 2. The summed E-state index contributed by atoms with van der Waals surface area (Å²) < 4.78 is 41.2. The van der Waals surface area contributed by atoms with Crippen molar-refractivity contribution in [3.8, 4) is 0 Å². The van der Waals surface area contributed by atoms with Gasteiger partial charge in [0.2, 0.25) is 11.8 Å². The van der Waals surface area contributed by atoms with Crippen LogP contribution in [-0.4, -0.2) is 23.3 Å². The molecule has 1 aliphatic rings. The number of nitrogens with one attached hydrogen (secondary N) is 1. The molecule has 1 aliphatic heterocycles. The van der Waals surface area contributed by atoms with Crippen molar-refractivity contribution in [2.45, 2.75) is 6.42 Å². The van der Waals surface area contributed by atoms with Crippen LogP contribution in [0.4, 0.5) is 24.0 Å². The SMILES string of the molecule is O=C(Nc1nc2c(F)cc(F)cc2s1)C1CC(=O)N(c2ccccc2F)C1. The molecule has 5 nitrogen and oxygen atoms in total. The summed E-state index contributed by atoms with van der Waals surface area (Å²) in [6.07, 6.45) is -0.0753. The molecule has 1 fully saturated rings. The summed E-state index contributed by atoms with van der Waals surface area (Å²) in [7, 11) is 0. The molecule has 0 radical (unpaired) electrons. The van der Waals surface area contributed by atoms with Crippen LogP contribution in [0.1, 0.15) is 6.42 Å². The van der Waals surface area contributed by atoms with E-state index < -0.39 is 29.3 Å². The van der Waals surface area contributed by atoms with Crippen LogP contribution in [0.5, 0.6) is 0 Å². The molecule has 1 atom stereocenters. The quantitative estimate of drug-likeness (QED) is 0.741. The van der Waals surface area contributed by atoms with E-state index in [2.05, 4.69) is 10.3 Å². The molecule has 0 aliphatic carbocycles. The summed E-state index contributed by atoms with van der Waals surface area (Å²) in [6, 6.07) is 7.68. The van der Waals surface area contributed by atoms with Crippen molar-refractivity contribution in [2.24, 2.45) is 5.92 Å². The van der Waals surface area contributed by atoms with Crippen LogP contribution >= 0.6 is 11.3 Å². The second kappa shape index (κ2) is 6.66. The predicted octanol–water partition coefficient (Wildman–Crippen LogP) is 3.71. The van der Waals surface area contributed by atoms with Gasteiger partial charge in [0.15, 0.2) is 10.9 Å². The highest BCUT2D eigenvalue weighted by Crippen LogP contribution is 2.31. The van der Waals surface area contributed by atoms with Crippen LogP contribution in [0.2, 0.25) is 0 Å². The van der Waals surface area contributed by atoms with E-state index in [9.17, 15) is 22.8 Å². The van der Waals surface area contributed by atoms with Gasteiger partial charge in [0.25, 0.3) is 0 Å². The first-order chi connectivity index (χ1) is 12.9. The van der Waals surface area contributed by atoms with Gasteiger partial charge in [-0.05, 0) is 18.2 Å². The van der Waals surface area contributed by atoms with Gasteiger partial charge in [-0.25, -0.2) is 18.2 Å². The molecular weight excluding hydrogens is 379 g/mol. The Kier molecular flexibility index (Phi) is 4.31. The first-order valence-electron chi connectivity index (χ1n) is 8.03. The molecule has 3 aromatic rings. The maximum Gasteiger partial charge on any atom is 0.231 e. The summed E-state index contributed by atoms with van der Waals surface area (Å²) >= 11 is 0.932. The average Bonchev–Trinajstić information content (AvgIpc) is 3.19. The van der Waals surface area contributed by atoms with Gasteiger partial charge in [0.1, 0.15) is 17.2 Å². The lowest BCUT2D eigenvalue weighted by Crippen LogP contribution is -2.28. The van der Waals surface area contributed by atoms with Crippen molar-refractivity contribution in [3.63, 3.8) is 0 Å². The number of carbonyl (C=O) groups excluding carboxylic acids is 2. The van der Waals surface area contributed by atoms with Gasteiger partial charge in [-0.3, -0.25) is 9.59 Å². The molecule has 1 unspecified atom stereocenters. The van der Waals surface area contributed by atoms with E-state index in [1.54, 1.807) is 6.07 Å². The maximum atomic E-state index is 13.9. The van der Waals surface area contributed by atoms with Gasteiger partial charge >= 0.3 is 0 Å². The van der Waals surface area contributed by atoms with Crippen LogP contribution in [0.25, 0.3) is 10.2 Å². The highest BCUT2D eigenvalue weighted by Gasteiger charge is 2.36. The molecule has 1 saturated heterocycles. The molecule has 2 heterocycles. The Bertz CT molecular complexity index is 1070. The molecule has 27 heavy (non-hydrogen) atoms. The van der Waals surface area contributed by atoms with E-state index >= 15 is 0 Å². The number of carbonyl (C=O) groups is 2. The number of aromatic nitrogens is 1. The lowest BCUT2D eigenvalue weighted by molar-refractivity contribution is -0.122. The van der Waals surface area contributed by atoms with Crippen molar-refractivity contribution >= 4 is 44.2 Å². The molecule has 4 rings (SSSR count). The van der Waals surface area contributed by atoms with Crippen molar-refractivity contribution in [1.82, 2.24) is 4.98 Å². The van der Waals surface area contributed by atoms with Gasteiger partial charge in [0, 0.05) is 19.0 Å². The zero-order valence-electron chi connectivity index (χ0n) is 13.7. The minimum absolute atomic E-state index is 0.0273. The number of para-hydroxylation sites is 1. The van der Waals surface area contributed by atoms with Gasteiger partial charge in [-0.2, -0.15) is 0 Å². The van der Waals surface area contributed by atoms with E-state index in [1.165, 1.54) is 23.1 Å². The third kappa shape index (κ3) is 3.25. The Balaban J connectivity index is 1.52. The first-order valence-corrected chi connectivity index (χ1v) is 8.85. The van der Waals surface area contributed by atoms with Gasteiger partial charge in [-0.1, -0.05) is 23.5 Å². The number of hydrogen-bond donors (Lipinski definition) is 1. The topological polar surface area (TPSA) is 62.3 Å². The summed E-state index contributed by atoms with van der Waals surface area (Å²) in [5, 5.41) is 2.64. The molecule has 9 heteroatoms. The van der Waals surface area contributed by atoms with E-state index in [4.69, 9.17) is 0 Å². The molecule has 0 spiro atoms. The predicted molar refractivity (Wildman–Crippen MR) is 95.0 cm³/mol. The fourth-order valence-electron chi connectivity index (χ4n) is 3.00. The molecule has 0 saturated carbocycles. The fourth-order valence-corrected chi connectivity index (χ4v) is 3.91. The van der Waals surface area contributed by atoms with E-state index in [1.807, 2.05) is 0 Å². The normalized spacial score (nSPS) is 16.9. The van der Waals surface area contributed by atoms with Crippen LogP contribution in [-0.2, 0) is 9.59 Å². The number of amides is 2. The molecule has 1 aromatic heterocycles. The standard InChI is InChI=1S/C18H12F3N3O2S/c19-10-6-12(21)16-14(7-10)27-18(22-16)23-17(26)9-5-15(25)24(8-9)13-4-2-1-3-11(13)20/h1-4,6-7,9H,5,8H2,(H,22,23,26). The monoisotopic (exact) mass is 391 g/mol. The van der Waals surface area contributed by atoms with Crippen molar-refractivity contribution in [3.05, 3.63) is 53.8 Å². The van der Waals surface area contributed by atoms with Gasteiger partial charge in [-0.15, -0.1) is 0 Å². The largest absolute Gasteiger partial charge is 0.309 e. The summed E-state index contributed by atoms with van der Waals surface area (Å²) in [5.74, 6) is -3.65. The molecule has 2 aromatic carbocycles. The Hall–Kier alpha value is -2.94. The Morgan fingerprint density at radius 3 is 2.74 bits per heavy atom. The van der Waals surface area contributed by atoms with Gasteiger partial charge < -0.3 is 10.2 Å². The van der Waals surface area contributed by atoms with Crippen molar-refractivity contribution < 1.29 is 22.8 Å². The number of halogens is 3.